The van der Waals surface area contributed by atoms with Crippen LogP contribution in [0.4, 0.5) is 0 Å². The molecule has 1 fully saturated rings. The first-order chi connectivity index (χ1) is 7.75. The second kappa shape index (κ2) is 5.35. The summed E-state index contributed by atoms with van der Waals surface area (Å²) in [6.45, 7) is 4.76. The van der Waals surface area contributed by atoms with Crippen LogP contribution in [0.5, 0.6) is 5.75 Å². The number of hydrogen-bond acceptors (Lipinski definition) is 2. The van der Waals surface area contributed by atoms with Gasteiger partial charge in [0.15, 0.2) is 0 Å². The van der Waals surface area contributed by atoms with Crippen LogP contribution in [-0.2, 0) is 6.42 Å². The molecule has 0 bridgehead atoms. The third-order valence-corrected chi connectivity index (χ3v) is 3.46. The largest absolute Gasteiger partial charge is 0.508 e. The highest BCUT2D eigenvalue weighted by atomic mass is 16.3. The van der Waals surface area contributed by atoms with E-state index in [-0.39, 0.29) is 0 Å². The lowest BCUT2D eigenvalue weighted by atomic mass is 10.0. The maximum absolute atomic E-state index is 9.42. The van der Waals surface area contributed by atoms with Crippen LogP contribution < -0.4 is 0 Å². The van der Waals surface area contributed by atoms with Gasteiger partial charge in [0.05, 0.1) is 0 Å². The molecule has 1 aliphatic rings. The lowest BCUT2D eigenvalue weighted by molar-refractivity contribution is 0.173. The quantitative estimate of drug-likeness (QED) is 0.845. The van der Waals surface area contributed by atoms with Gasteiger partial charge in [-0.1, -0.05) is 18.6 Å². The maximum atomic E-state index is 9.42. The summed E-state index contributed by atoms with van der Waals surface area (Å²) in [7, 11) is 0. The van der Waals surface area contributed by atoms with E-state index in [9.17, 15) is 5.11 Å². The van der Waals surface area contributed by atoms with Crippen molar-refractivity contribution in [3.63, 3.8) is 0 Å². The summed E-state index contributed by atoms with van der Waals surface area (Å²) in [5.41, 5.74) is 1.23. The molecule has 1 heterocycles. The summed E-state index contributed by atoms with van der Waals surface area (Å²) in [4.78, 5) is 2.56. The van der Waals surface area contributed by atoms with Gasteiger partial charge >= 0.3 is 0 Å². The van der Waals surface area contributed by atoms with Crippen molar-refractivity contribution >= 4 is 0 Å². The number of benzene rings is 1. The van der Waals surface area contributed by atoms with E-state index in [0.717, 1.165) is 6.42 Å². The smallest absolute Gasteiger partial charge is 0.115 e. The summed E-state index contributed by atoms with van der Waals surface area (Å²) < 4.78 is 0. The highest BCUT2D eigenvalue weighted by molar-refractivity contribution is 5.27. The molecular weight excluding hydrogens is 198 g/mol. The number of hydrogen-bond donors (Lipinski definition) is 1. The van der Waals surface area contributed by atoms with E-state index in [4.69, 9.17) is 0 Å². The summed E-state index contributed by atoms with van der Waals surface area (Å²) in [5.74, 6) is 0.378. The van der Waals surface area contributed by atoms with Crippen LogP contribution in [0.1, 0.15) is 31.7 Å². The van der Waals surface area contributed by atoms with Crippen molar-refractivity contribution in [2.24, 2.45) is 0 Å². The molecule has 2 heteroatoms. The van der Waals surface area contributed by atoms with Crippen molar-refractivity contribution in [3.8, 4) is 5.75 Å². The Morgan fingerprint density at radius 1 is 1.25 bits per heavy atom. The topological polar surface area (TPSA) is 23.5 Å². The van der Waals surface area contributed by atoms with Crippen molar-refractivity contribution in [2.45, 2.75) is 38.6 Å². The minimum Gasteiger partial charge on any atom is -0.508 e. The number of aromatic hydroxyl groups is 1. The average Bonchev–Trinajstić information content (AvgIpc) is 2.30. The molecule has 0 radical (unpaired) electrons. The van der Waals surface area contributed by atoms with Gasteiger partial charge in [-0.2, -0.15) is 0 Å². The van der Waals surface area contributed by atoms with Gasteiger partial charge in [-0.3, -0.25) is 0 Å². The number of piperidine rings is 1. The minimum absolute atomic E-state index is 0.378. The first kappa shape index (κ1) is 11.5. The van der Waals surface area contributed by atoms with E-state index in [1.54, 1.807) is 6.07 Å². The van der Waals surface area contributed by atoms with E-state index in [1.807, 2.05) is 12.1 Å². The SMILES string of the molecule is CC(Cc1cccc(O)c1)N1CCCCC1. The normalized spacial score (nSPS) is 19.6. The van der Waals surface area contributed by atoms with E-state index in [1.165, 1.54) is 37.9 Å². The van der Waals surface area contributed by atoms with Crippen LogP contribution >= 0.6 is 0 Å². The molecule has 0 amide bonds. The molecule has 0 aliphatic carbocycles. The van der Waals surface area contributed by atoms with Crippen LogP contribution in [0.25, 0.3) is 0 Å². The van der Waals surface area contributed by atoms with Crippen molar-refractivity contribution < 1.29 is 5.11 Å². The van der Waals surface area contributed by atoms with E-state index < -0.39 is 0 Å². The Kier molecular flexibility index (Phi) is 3.83. The number of nitrogens with zero attached hydrogens (tertiary/aromatic N) is 1. The van der Waals surface area contributed by atoms with Gasteiger partial charge in [0.25, 0.3) is 0 Å². The standard InChI is InChI=1S/C14H21NO/c1-12(15-8-3-2-4-9-15)10-13-6-5-7-14(16)11-13/h5-7,11-12,16H,2-4,8-10H2,1H3. The third-order valence-electron chi connectivity index (χ3n) is 3.46. The third kappa shape index (κ3) is 2.99. The fourth-order valence-corrected chi connectivity index (χ4v) is 2.51. The lowest BCUT2D eigenvalue weighted by Crippen LogP contribution is -2.38. The van der Waals surface area contributed by atoms with Crippen LogP contribution in [0.3, 0.4) is 0 Å². The number of phenolic OH excluding ortho intramolecular Hbond substituents is 1. The predicted octanol–water partition coefficient (Wildman–Crippen LogP) is 2.81. The van der Waals surface area contributed by atoms with Gasteiger partial charge in [0.2, 0.25) is 0 Å². The predicted molar refractivity (Wildman–Crippen MR) is 66.7 cm³/mol. The Labute approximate surface area is 97.9 Å². The average molecular weight is 219 g/mol. The van der Waals surface area contributed by atoms with Gasteiger partial charge in [-0.15, -0.1) is 0 Å². The monoisotopic (exact) mass is 219 g/mol. The number of phenols is 1. The van der Waals surface area contributed by atoms with Gasteiger partial charge < -0.3 is 10.0 Å². The Morgan fingerprint density at radius 2 is 2.00 bits per heavy atom. The lowest BCUT2D eigenvalue weighted by Gasteiger charge is -2.32. The molecule has 0 aromatic heterocycles. The van der Waals surface area contributed by atoms with Crippen LogP contribution in [-0.4, -0.2) is 29.1 Å². The first-order valence-corrected chi connectivity index (χ1v) is 6.27. The van der Waals surface area contributed by atoms with E-state index >= 15 is 0 Å². The molecule has 1 N–H and O–H groups in total. The van der Waals surface area contributed by atoms with Crippen molar-refractivity contribution in [1.82, 2.24) is 4.90 Å². The molecule has 1 aromatic rings. The molecule has 2 nitrogen and oxygen atoms in total. The molecule has 0 spiro atoms. The van der Waals surface area contributed by atoms with Crippen LogP contribution in [0.15, 0.2) is 24.3 Å². The molecule has 1 atom stereocenters. The van der Waals surface area contributed by atoms with Gasteiger partial charge in [0, 0.05) is 6.04 Å². The molecule has 1 unspecified atom stereocenters. The zero-order valence-corrected chi connectivity index (χ0v) is 10.0. The van der Waals surface area contributed by atoms with Crippen LogP contribution in [0.2, 0.25) is 0 Å². The molecule has 1 saturated heterocycles. The Hall–Kier alpha value is -1.02. The Balaban J connectivity index is 1.93. The van der Waals surface area contributed by atoms with Crippen molar-refractivity contribution in [3.05, 3.63) is 29.8 Å². The second-order valence-corrected chi connectivity index (χ2v) is 4.82. The molecule has 16 heavy (non-hydrogen) atoms. The van der Waals surface area contributed by atoms with Crippen molar-refractivity contribution in [2.75, 3.05) is 13.1 Å². The molecule has 88 valence electrons. The summed E-state index contributed by atoms with van der Waals surface area (Å²) in [5, 5.41) is 9.42. The van der Waals surface area contributed by atoms with E-state index in [0.29, 0.717) is 11.8 Å². The zero-order chi connectivity index (χ0) is 11.4. The molecule has 2 rings (SSSR count). The first-order valence-electron chi connectivity index (χ1n) is 6.27. The maximum Gasteiger partial charge on any atom is 0.115 e. The highest BCUT2D eigenvalue weighted by Gasteiger charge is 2.16. The van der Waals surface area contributed by atoms with E-state index in [2.05, 4.69) is 17.9 Å². The number of rotatable bonds is 3. The molecule has 0 saturated carbocycles. The fourth-order valence-electron chi connectivity index (χ4n) is 2.51. The highest BCUT2D eigenvalue weighted by Crippen LogP contribution is 2.17. The molecule has 1 aliphatic heterocycles. The summed E-state index contributed by atoms with van der Waals surface area (Å²) in [6.07, 6.45) is 5.10. The van der Waals surface area contributed by atoms with Crippen molar-refractivity contribution in [1.29, 1.82) is 0 Å². The molecular formula is C14H21NO. The van der Waals surface area contributed by atoms with Crippen LogP contribution in [0, 0.1) is 0 Å². The minimum atomic E-state index is 0.378. The number of likely N-dealkylation sites (tertiary alicyclic amines) is 1. The van der Waals surface area contributed by atoms with Gasteiger partial charge in [-0.05, 0) is 57.0 Å². The Morgan fingerprint density at radius 3 is 2.69 bits per heavy atom. The second-order valence-electron chi connectivity index (χ2n) is 4.82. The fraction of sp³-hybridized carbons (Fsp3) is 0.571. The summed E-state index contributed by atoms with van der Waals surface area (Å²) >= 11 is 0. The molecule has 1 aromatic carbocycles. The summed E-state index contributed by atoms with van der Waals surface area (Å²) in [6, 6.07) is 8.21. The Bertz CT molecular complexity index is 331. The zero-order valence-electron chi connectivity index (χ0n) is 10.0. The van der Waals surface area contributed by atoms with Gasteiger partial charge in [0.1, 0.15) is 5.75 Å². The van der Waals surface area contributed by atoms with Gasteiger partial charge in [-0.25, -0.2) is 0 Å².